The SMILES string of the molecule is O=C=NCC=O.c1ccccc1. The Bertz CT molecular complexity index is 213. The van der Waals surface area contributed by atoms with Crippen molar-refractivity contribution in [2.45, 2.75) is 0 Å². The summed E-state index contributed by atoms with van der Waals surface area (Å²) in [4.78, 5) is 21.3. The number of isocyanates is 1. The minimum Gasteiger partial charge on any atom is -0.301 e. The largest absolute Gasteiger partial charge is 0.301 e. The van der Waals surface area contributed by atoms with Gasteiger partial charge in [0, 0.05) is 0 Å². The zero-order valence-corrected chi connectivity index (χ0v) is 6.51. The Morgan fingerprint density at radius 2 is 1.50 bits per heavy atom. The number of hydrogen-bond donors (Lipinski definition) is 0. The topological polar surface area (TPSA) is 46.5 Å². The number of aliphatic imine (C=N–C) groups is 1. The fourth-order valence-electron chi connectivity index (χ4n) is 0.459. The third kappa shape index (κ3) is 8.27. The average Bonchev–Trinajstić information content (AvgIpc) is 2.18. The second kappa shape index (κ2) is 9.27. The summed E-state index contributed by atoms with van der Waals surface area (Å²) in [7, 11) is 0. The molecule has 1 aromatic carbocycles. The monoisotopic (exact) mass is 163 g/mol. The molecule has 1 aromatic rings. The Morgan fingerprint density at radius 3 is 1.67 bits per heavy atom. The van der Waals surface area contributed by atoms with Gasteiger partial charge in [-0.1, -0.05) is 36.4 Å². The van der Waals surface area contributed by atoms with E-state index in [9.17, 15) is 4.79 Å². The molecule has 0 aliphatic heterocycles. The van der Waals surface area contributed by atoms with Gasteiger partial charge in [-0.05, 0) is 0 Å². The van der Waals surface area contributed by atoms with Crippen molar-refractivity contribution in [2.75, 3.05) is 6.54 Å². The Balaban J connectivity index is 0.000000202. The van der Waals surface area contributed by atoms with Gasteiger partial charge in [-0.3, -0.25) is 0 Å². The molecule has 0 N–H and O–H groups in total. The van der Waals surface area contributed by atoms with E-state index in [0.29, 0.717) is 6.29 Å². The van der Waals surface area contributed by atoms with Crippen molar-refractivity contribution < 1.29 is 9.59 Å². The zero-order valence-electron chi connectivity index (χ0n) is 6.51. The summed E-state index contributed by atoms with van der Waals surface area (Å²) in [5.41, 5.74) is 0. The summed E-state index contributed by atoms with van der Waals surface area (Å²) in [6.07, 6.45) is 1.74. The van der Waals surface area contributed by atoms with E-state index in [1.54, 1.807) is 0 Å². The van der Waals surface area contributed by atoms with Crippen molar-refractivity contribution in [3.8, 4) is 0 Å². The van der Waals surface area contributed by atoms with Crippen LogP contribution in [0.5, 0.6) is 0 Å². The van der Waals surface area contributed by atoms with Gasteiger partial charge in [0.1, 0.15) is 12.8 Å². The summed E-state index contributed by atoms with van der Waals surface area (Å²) in [6, 6.07) is 12.0. The van der Waals surface area contributed by atoms with Crippen molar-refractivity contribution in [2.24, 2.45) is 4.99 Å². The van der Waals surface area contributed by atoms with E-state index in [4.69, 9.17) is 4.79 Å². The maximum Gasteiger partial charge on any atom is 0.235 e. The Kier molecular flexibility index (Phi) is 7.93. The highest BCUT2D eigenvalue weighted by atomic mass is 16.1. The van der Waals surface area contributed by atoms with E-state index < -0.39 is 0 Å². The van der Waals surface area contributed by atoms with Gasteiger partial charge < -0.3 is 4.79 Å². The Labute approximate surface area is 70.8 Å². The lowest BCUT2D eigenvalue weighted by molar-refractivity contribution is -0.106. The van der Waals surface area contributed by atoms with E-state index in [1.165, 1.54) is 6.08 Å². The Hall–Kier alpha value is -1.73. The summed E-state index contributed by atoms with van der Waals surface area (Å²) in [6.45, 7) is -0.0660. The molecule has 3 nitrogen and oxygen atoms in total. The van der Waals surface area contributed by atoms with E-state index in [1.807, 2.05) is 36.4 Å². The van der Waals surface area contributed by atoms with Crippen LogP contribution in [0.25, 0.3) is 0 Å². The highest BCUT2D eigenvalue weighted by molar-refractivity contribution is 5.54. The number of carbonyl (C=O) groups is 1. The highest BCUT2D eigenvalue weighted by Crippen LogP contribution is 1.79. The number of aldehydes is 1. The first kappa shape index (κ1) is 10.3. The van der Waals surface area contributed by atoms with Crippen LogP contribution in [0.2, 0.25) is 0 Å². The first-order valence-corrected chi connectivity index (χ1v) is 3.39. The molecule has 0 aliphatic carbocycles. The first-order valence-electron chi connectivity index (χ1n) is 3.39. The van der Waals surface area contributed by atoms with Crippen LogP contribution in [0.1, 0.15) is 0 Å². The van der Waals surface area contributed by atoms with E-state index >= 15 is 0 Å². The lowest BCUT2D eigenvalue weighted by Gasteiger charge is -1.69. The molecule has 0 saturated carbocycles. The molecule has 62 valence electrons. The van der Waals surface area contributed by atoms with Gasteiger partial charge in [0.15, 0.2) is 0 Å². The molecule has 0 fully saturated rings. The summed E-state index contributed by atoms with van der Waals surface area (Å²) < 4.78 is 0. The van der Waals surface area contributed by atoms with Crippen LogP contribution in [0.15, 0.2) is 41.4 Å². The van der Waals surface area contributed by atoms with Gasteiger partial charge in [0.05, 0.1) is 0 Å². The molecular formula is C9H9NO2. The van der Waals surface area contributed by atoms with Gasteiger partial charge in [-0.25, -0.2) is 4.79 Å². The van der Waals surface area contributed by atoms with Gasteiger partial charge in [-0.15, -0.1) is 0 Å². The maximum absolute atomic E-state index is 9.29. The molecule has 0 amide bonds. The van der Waals surface area contributed by atoms with Crippen molar-refractivity contribution in [1.29, 1.82) is 0 Å². The molecule has 3 heteroatoms. The van der Waals surface area contributed by atoms with E-state index in [2.05, 4.69) is 4.99 Å². The van der Waals surface area contributed by atoms with E-state index in [-0.39, 0.29) is 6.54 Å². The number of carbonyl (C=O) groups excluding carboxylic acids is 2. The molecule has 0 spiro atoms. The molecule has 0 heterocycles. The fourth-order valence-corrected chi connectivity index (χ4v) is 0.459. The molecule has 1 rings (SSSR count). The molecule has 0 unspecified atom stereocenters. The second-order valence-corrected chi connectivity index (χ2v) is 1.75. The van der Waals surface area contributed by atoms with Crippen LogP contribution in [0.4, 0.5) is 0 Å². The lowest BCUT2D eigenvalue weighted by Crippen LogP contribution is -1.74. The van der Waals surface area contributed by atoms with Gasteiger partial charge in [-0.2, -0.15) is 4.99 Å². The third-order valence-electron chi connectivity index (χ3n) is 0.897. The van der Waals surface area contributed by atoms with Crippen molar-refractivity contribution in [3.63, 3.8) is 0 Å². The van der Waals surface area contributed by atoms with Crippen LogP contribution in [0.3, 0.4) is 0 Å². The van der Waals surface area contributed by atoms with Gasteiger partial charge in [0.2, 0.25) is 6.08 Å². The predicted octanol–water partition coefficient (Wildman–Crippen LogP) is 1.21. The normalized spacial score (nSPS) is 7.00. The average molecular weight is 163 g/mol. The molecule has 0 saturated heterocycles. The predicted molar refractivity (Wildman–Crippen MR) is 45.5 cm³/mol. The first-order chi connectivity index (χ1) is 5.91. The number of hydrogen-bond acceptors (Lipinski definition) is 3. The van der Waals surface area contributed by atoms with Crippen LogP contribution < -0.4 is 0 Å². The number of nitrogens with zero attached hydrogens (tertiary/aromatic N) is 1. The summed E-state index contributed by atoms with van der Waals surface area (Å²) in [5.74, 6) is 0. The minimum absolute atomic E-state index is 0.0660. The second-order valence-electron chi connectivity index (χ2n) is 1.75. The van der Waals surface area contributed by atoms with Gasteiger partial charge in [0.25, 0.3) is 0 Å². The molecule has 0 atom stereocenters. The maximum atomic E-state index is 9.29. The number of benzene rings is 1. The molecule has 0 aliphatic rings. The highest BCUT2D eigenvalue weighted by Gasteiger charge is 1.64. The Morgan fingerprint density at radius 1 is 1.08 bits per heavy atom. The number of rotatable bonds is 2. The van der Waals surface area contributed by atoms with Crippen molar-refractivity contribution >= 4 is 12.4 Å². The minimum atomic E-state index is -0.0660. The molecule has 0 bridgehead atoms. The summed E-state index contributed by atoms with van der Waals surface area (Å²) >= 11 is 0. The van der Waals surface area contributed by atoms with Crippen LogP contribution in [0, 0.1) is 0 Å². The molecule has 0 aromatic heterocycles. The zero-order chi connectivity index (χ0) is 9.07. The standard InChI is InChI=1S/C6H6.C3H3NO2/c1-2-4-6-5-3-1;5-2-1-4-3-6/h1-6H;2H,1H2. The lowest BCUT2D eigenvalue weighted by atomic mass is 10.4. The fraction of sp³-hybridized carbons (Fsp3) is 0.111. The molecular weight excluding hydrogens is 154 g/mol. The van der Waals surface area contributed by atoms with Crippen LogP contribution in [-0.4, -0.2) is 18.9 Å². The smallest absolute Gasteiger partial charge is 0.235 e. The van der Waals surface area contributed by atoms with E-state index in [0.717, 1.165) is 0 Å². The molecule has 12 heavy (non-hydrogen) atoms. The van der Waals surface area contributed by atoms with Crippen molar-refractivity contribution in [1.82, 2.24) is 0 Å². The molecule has 0 radical (unpaired) electrons. The van der Waals surface area contributed by atoms with Gasteiger partial charge >= 0.3 is 0 Å². The quantitative estimate of drug-likeness (QED) is 0.373. The van der Waals surface area contributed by atoms with Crippen LogP contribution in [-0.2, 0) is 9.59 Å². The van der Waals surface area contributed by atoms with Crippen LogP contribution >= 0.6 is 0 Å². The van der Waals surface area contributed by atoms with Crippen molar-refractivity contribution in [3.05, 3.63) is 36.4 Å². The summed E-state index contributed by atoms with van der Waals surface area (Å²) in [5, 5.41) is 0. The third-order valence-corrected chi connectivity index (χ3v) is 0.897.